The number of nitrogens with zero attached hydrogens (tertiary/aromatic N) is 2. The van der Waals surface area contributed by atoms with Crippen molar-refractivity contribution in [3.05, 3.63) is 58.9 Å². The maximum Gasteiger partial charge on any atom is 0.335 e. The first-order chi connectivity index (χ1) is 11.0. The summed E-state index contributed by atoms with van der Waals surface area (Å²) in [5.74, 6) is -1.65. The Bertz CT molecular complexity index is 730. The summed E-state index contributed by atoms with van der Waals surface area (Å²) in [6.07, 6.45) is 0. The Morgan fingerprint density at radius 2 is 1.65 bits per heavy atom. The Morgan fingerprint density at radius 3 is 2.26 bits per heavy atom. The molecular formula is C17H16ClFN2O2. The van der Waals surface area contributed by atoms with E-state index < -0.39 is 11.8 Å². The lowest BCUT2D eigenvalue weighted by Crippen LogP contribution is -2.46. The van der Waals surface area contributed by atoms with Gasteiger partial charge in [0, 0.05) is 42.6 Å². The van der Waals surface area contributed by atoms with Gasteiger partial charge in [-0.2, -0.15) is 0 Å². The minimum atomic E-state index is -1.12. The van der Waals surface area contributed by atoms with Gasteiger partial charge in [-0.15, -0.1) is 0 Å². The highest BCUT2D eigenvalue weighted by Gasteiger charge is 2.19. The van der Waals surface area contributed by atoms with Gasteiger partial charge in [0.1, 0.15) is 5.82 Å². The quantitative estimate of drug-likeness (QED) is 0.933. The topological polar surface area (TPSA) is 43.8 Å². The maximum atomic E-state index is 13.6. The highest BCUT2D eigenvalue weighted by Crippen LogP contribution is 2.24. The number of benzene rings is 2. The van der Waals surface area contributed by atoms with Gasteiger partial charge in [-0.1, -0.05) is 17.7 Å². The fourth-order valence-corrected chi connectivity index (χ4v) is 2.96. The van der Waals surface area contributed by atoms with Gasteiger partial charge >= 0.3 is 5.97 Å². The summed E-state index contributed by atoms with van der Waals surface area (Å²) in [5, 5.41) is 9.74. The van der Waals surface area contributed by atoms with E-state index in [0.29, 0.717) is 23.8 Å². The first kappa shape index (κ1) is 15.6. The van der Waals surface area contributed by atoms with Crippen molar-refractivity contribution >= 4 is 28.9 Å². The molecule has 0 saturated carbocycles. The molecule has 23 heavy (non-hydrogen) atoms. The third-order valence-electron chi connectivity index (χ3n) is 3.95. The highest BCUT2D eigenvalue weighted by molar-refractivity contribution is 6.30. The van der Waals surface area contributed by atoms with Crippen LogP contribution in [0.25, 0.3) is 0 Å². The van der Waals surface area contributed by atoms with E-state index in [-0.39, 0.29) is 5.56 Å². The molecule has 4 nitrogen and oxygen atoms in total. The predicted molar refractivity (Wildman–Crippen MR) is 89.2 cm³/mol. The summed E-state index contributed by atoms with van der Waals surface area (Å²) in [5.41, 5.74) is 1.63. The van der Waals surface area contributed by atoms with E-state index in [1.54, 1.807) is 0 Å². The average molecular weight is 335 g/mol. The highest BCUT2D eigenvalue weighted by atomic mass is 35.5. The number of carboxylic acid groups (broad SMARTS) is 1. The van der Waals surface area contributed by atoms with Crippen molar-refractivity contribution in [2.24, 2.45) is 0 Å². The van der Waals surface area contributed by atoms with Crippen molar-refractivity contribution < 1.29 is 14.3 Å². The molecule has 1 saturated heterocycles. The first-order valence-electron chi connectivity index (χ1n) is 7.32. The van der Waals surface area contributed by atoms with E-state index in [2.05, 4.69) is 4.90 Å². The summed E-state index contributed by atoms with van der Waals surface area (Å²) in [6, 6.07) is 11.6. The molecule has 0 atom stereocenters. The van der Waals surface area contributed by atoms with Gasteiger partial charge in [-0.05, 0) is 36.4 Å². The van der Waals surface area contributed by atoms with Gasteiger partial charge in [0.15, 0.2) is 0 Å². The van der Waals surface area contributed by atoms with Crippen molar-refractivity contribution in [3.63, 3.8) is 0 Å². The van der Waals surface area contributed by atoms with E-state index in [4.69, 9.17) is 16.7 Å². The average Bonchev–Trinajstić information content (AvgIpc) is 2.54. The molecule has 1 heterocycles. The Labute approximate surface area is 138 Å². The van der Waals surface area contributed by atoms with E-state index in [0.717, 1.165) is 24.8 Å². The zero-order valence-corrected chi connectivity index (χ0v) is 13.1. The van der Waals surface area contributed by atoms with Crippen LogP contribution in [0.15, 0.2) is 42.5 Å². The SMILES string of the molecule is O=C(O)c1cc(F)cc(N2CCN(c3cccc(Cl)c3)CC2)c1. The number of hydrogen-bond acceptors (Lipinski definition) is 3. The van der Waals surface area contributed by atoms with Crippen molar-refractivity contribution in [2.75, 3.05) is 36.0 Å². The fraction of sp³-hybridized carbons (Fsp3) is 0.235. The number of anilines is 2. The predicted octanol–water partition coefficient (Wildman–Crippen LogP) is 3.50. The lowest BCUT2D eigenvalue weighted by molar-refractivity contribution is 0.0696. The number of halogens is 2. The summed E-state index contributed by atoms with van der Waals surface area (Å²) in [4.78, 5) is 15.3. The molecule has 2 aromatic rings. The number of hydrogen-bond donors (Lipinski definition) is 1. The first-order valence-corrected chi connectivity index (χ1v) is 7.70. The largest absolute Gasteiger partial charge is 0.478 e. The number of aromatic carboxylic acids is 1. The third kappa shape index (κ3) is 3.56. The summed E-state index contributed by atoms with van der Waals surface area (Å²) in [7, 11) is 0. The maximum absolute atomic E-state index is 13.6. The molecule has 2 aromatic carbocycles. The standard InChI is InChI=1S/C17H16ClFN2O2/c18-13-2-1-3-15(10-13)20-4-6-21(7-5-20)16-9-12(17(22)23)8-14(19)11-16/h1-3,8-11H,4-7H2,(H,22,23). The minimum Gasteiger partial charge on any atom is -0.478 e. The smallest absolute Gasteiger partial charge is 0.335 e. The molecule has 0 unspecified atom stereocenters. The van der Waals surface area contributed by atoms with Crippen LogP contribution >= 0.6 is 11.6 Å². The summed E-state index contributed by atoms with van der Waals surface area (Å²) >= 11 is 6.02. The van der Waals surface area contributed by atoms with Crippen LogP contribution in [0.2, 0.25) is 5.02 Å². The van der Waals surface area contributed by atoms with Gasteiger partial charge in [-0.3, -0.25) is 0 Å². The molecule has 0 aromatic heterocycles. The molecule has 120 valence electrons. The van der Waals surface area contributed by atoms with Crippen LogP contribution in [0.4, 0.5) is 15.8 Å². The second kappa shape index (κ2) is 6.46. The number of carboxylic acids is 1. The second-order valence-corrected chi connectivity index (χ2v) is 5.89. The molecule has 0 amide bonds. The van der Waals surface area contributed by atoms with E-state index in [1.807, 2.05) is 29.2 Å². The van der Waals surface area contributed by atoms with Crippen LogP contribution in [-0.2, 0) is 0 Å². The molecule has 3 rings (SSSR count). The second-order valence-electron chi connectivity index (χ2n) is 5.46. The molecule has 0 aliphatic carbocycles. The van der Waals surface area contributed by atoms with Crippen LogP contribution in [0.5, 0.6) is 0 Å². The van der Waals surface area contributed by atoms with Crippen LogP contribution < -0.4 is 9.80 Å². The normalized spacial score (nSPS) is 14.9. The minimum absolute atomic E-state index is 0.0303. The molecule has 1 aliphatic heterocycles. The number of rotatable bonds is 3. The Hall–Kier alpha value is -2.27. The van der Waals surface area contributed by atoms with Crippen LogP contribution in [0.3, 0.4) is 0 Å². The van der Waals surface area contributed by atoms with Crippen molar-refractivity contribution in [2.45, 2.75) is 0 Å². The molecule has 0 bridgehead atoms. The van der Waals surface area contributed by atoms with Gasteiger partial charge in [0.25, 0.3) is 0 Å². The molecule has 1 N–H and O–H groups in total. The van der Waals surface area contributed by atoms with Crippen LogP contribution in [0, 0.1) is 5.82 Å². The number of piperazine rings is 1. The monoisotopic (exact) mass is 334 g/mol. The lowest BCUT2D eigenvalue weighted by Gasteiger charge is -2.37. The van der Waals surface area contributed by atoms with Crippen LogP contribution in [0.1, 0.15) is 10.4 Å². The zero-order valence-electron chi connectivity index (χ0n) is 12.4. The fourth-order valence-electron chi connectivity index (χ4n) is 2.78. The van der Waals surface area contributed by atoms with E-state index in [9.17, 15) is 9.18 Å². The van der Waals surface area contributed by atoms with E-state index >= 15 is 0 Å². The molecule has 6 heteroatoms. The summed E-state index contributed by atoms with van der Waals surface area (Å²) < 4.78 is 13.6. The van der Waals surface area contributed by atoms with Crippen LogP contribution in [-0.4, -0.2) is 37.3 Å². The van der Waals surface area contributed by atoms with Crippen molar-refractivity contribution in [3.8, 4) is 0 Å². The number of carbonyl (C=O) groups is 1. The van der Waals surface area contributed by atoms with Crippen molar-refractivity contribution in [1.29, 1.82) is 0 Å². The lowest BCUT2D eigenvalue weighted by atomic mass is 10.1. The molecule has 1 fully saturated rings. The van der Waals surface area contributed by atoms with Gasteiger partial charge in [0.2, 0.25) is 0 Å². The molecule has 0 radical (unpaired) electrons. The third-order valence-corrected chi connectivity index (χ3v) is 4.18. The Balaban J connectivity index is 1.73. The Kier molecular flexibility index (Phi) is 4.39. The Morgan fingerprint density at radius 1 is 1.00 bits per heavy atom. The molecule has 0 spiro atoms. The molecular weight excluding hydrogens is 319 g/mol. The molecule has 1 aliphatic rings. The van der Waals surface area contributed by atoms with Crippen molar-refractivity contribution in [1.82, 2.24) is 0 Å². The van der Waals surface area contributed by atoms with Gasteiger partial charge in [-0.25, -0.2) is 9.18 Å². The van der Waals surface area contributed by atoms with Gasteiger partial charge < -0.3 is 14.9 Å². The van der Waals surface area contributed by atoms with E-state index in [1.165, 1.54) is 12.1 Å². The zero-order chi connectivity index (χ0) is 16.4. The summed E-state index contributed by atoms with van der Waals surface area (Å²) in [6.45, 7) is 2.91. The van der Waals surface area contributed by atoms with Gasteiger partial charge in [0.05, 0.1) is 5.56 Å².